The third-order valence-electron chi connectivity index (χ3n) is 3.80. The van der Waals surface area contributed by atoms with E-state index in [9.17, 15) is 4.79 Å². The fourth-order valence-electron chi connectivity index (χ4n) is 2.42. The molecule has 0 aliphatic carbocycles. The molecule has 1 N–H and O–H groups in total. The van der Waals surface area contributed by atoms with E-state index in [4.69, 9.17) is 18.9 Å². The molecule has 0 bridgehead atoms. The summed E-state index contributed by atoms with van der Waals surface area (Å²) in [5, 5.41) is 2.87. The molecule has 1 amide bonds. The van der Waals surface area contributed by atoms with Gasteiger partial charge in [0.05, 0.1) is 20.3 Å². The van der Waals surface area contributed by atoms with Crippen molar-refractivity contribution >= 4 is 5.91 Å². The first-order valence-corrected chi connectivity index (χ1v) is 8.85. The van der Waals surface area contributed by atoms with Gasteiger partial charge in [-0.25, -0.2) is 0 Å². The lowest BCUT2D eigenvalue weighted by molar-refractivity contribution is -0.127. The maximum Gasteiger partial charge on any atom is 0.261 e. The molecule has 0 saturated carbocycles. The fourth-order valence-corrected chi connectivity index (χ4v) is 2.42. The van der Waals surface area contributed by atoms with Gasteiger partial charge < -0.3 is 24.3 Å². The molecule has 27 heavy (non-hydrogen) atoms. The zero-order valence-corrected chi connectivity index (χ0v) is 16.4. The first-order chi connectivity index (χ1) is 12.9. The molecule has 0 aromatic heterocycles. The van der Waals surface area contributed by atoms with Crippen LogP contribution in [0.4, 0.5) is 0 Å². The van der Waals surface area contributed by atoms with Gasteiger partial charge >= 0.3 is 0 Å². The van der Waals surface area contributed by atoms with Crippen LogP contribution < -0.4 is 24.3 Å². The molecular weight excluding hydrogens is 346 g/mol. The highest BCUT2D eigenvalue weighted by Gasteiger charge is 2.15. The average Bonchev–Trinajstić information content (AvgIpc) is 2.67. The van der Waals surface area contributed by atoms with Crippen LogP contribution in [0.1, 0.15) is 26.3 Å². The number of methoxy groups -OCH3 is 2. The molecule has 0 aliphatic rings. The van der Waals surface area contributed by atoms with Gasteiger partial charge in [0, 0.05) is 6.54 Å². The second-order valence-corrected chi connectivity index (χ2v) is 6.31. The van der Waals surface area contributed by atoms with Gasteiger partial charge in [-0.05, 0) is 62.7 Å². The second-order valence-electron chi connectivity index (χ2n) is 6.31. The molecule has 0 aliphatic heterocycles. The highest BCUT2D eigenvalue weighted by molar-refractivity contribution is 5.80. The van der Waals surface area contributed by atoms with Crippen LogP contribution in [0.3, 0.4) is 0 Å². The van der Waals surface area contributed by atoms with Crippen LogP contribution in [-0.2, 0) is 11.3 Å². The zero-order valence-electron chi connectivity index (χ0n) is 16.4. The topological polar surface area (TPSA) is 66.0 Å². The minimum atomic E-state index is -0.621. The Balaban J connectivity index is 1.91. The number of hydrogen-bond acceptors (Lipinski definition) is 5. The number of hydrogen-bond donors (Lipinski definition) is 1. The number of benzene rings is 2. The van der Waals surface area contributed by atoms with E-state index < -0.39 is 6.10 Å². The fraction of sp³-hybridized carbons (Fsp3) is 0.381. The van der Waals surface area contributed by atoms with Crippen molar-refractivity contribution in [2.75, 3.05) is 14.2 Å². The van der Waals surface area contributed by atoms with Gasteiger partial charge in [0.25, 0.3) is 5.91 Å². The minimum absolute atomic E-state index is 0.0559. The Hall–Kier alpha value is -2.89. The van der Waals surface area contributed by atoms with Crippen LogP contribution in [0.2, 0.25) is 0 Å². The van der Waals surface area contributed by atoms with Gasteiger partial charge in [0.2, 0.25) is 0 Å². The van der Waals surface area contributed by atoms with Crippen LogP contribution in [0, 0.1) is 0 Å². The van der Waals surface area contributed by atoms with Crippen LogP contribution in [0.15, 0.2) is 42.5 Å². The maximum absolute atomic E-state index is 12.3. The van der Waals surface area contributed by atoms with E-state index in [-0.39, 0.29) is 12.0 Å². The van der Waals surface area contributed by atoms with Crippen LogP contribution in [0.25, 0.3) is 0 Å². The molecule has 1 atom stereocenters. The van der Waals surface area contributed by atoms with Gasteiger partial charge in [0.15, 0.2) is 17.6 Å². The third-order valence-corrected chi connectivity index (χ3v) is 3.80. The summed E-state index contributed by atoms with van der Waals surface area (Å²) in [6.07, 6.45) is -0.566. The van der Waals surface area contributed by atoms with Gasteiger partial charge in [0.1, 0.15) is 11.5 Å². The molecule has 0 saturated heterocycles. The number of carbonyl (C=O) groups is 1. The van der Waals surface area contributed by atoms with Crippen LogP contribution in [-0.4, -0.2) is 32.3 Å². The van der Waals surface area contributed by atoms with Crippen molar-refractivity contribution in [2.45, 2.75) is 39.5 Å². The predicted octanol–water partition coefficient (Wildman–Crippen LogP) is 3.57. The molecular formula is C21H27NO5. The maximum atomic E-state index is 12.3. The molecule has 2 rings (SSSR count). The largest absolute Gasteiger partial charge is 0.497 e. The normalized spacial score (nSPS) is 11.6. The van der Waals surface area contributed by atoms with E-state index in [1.807, 2.05) is 32.0 Å². The van der Waals surface area contributed by atoms with Crippen molar-refractivity contribution in [2.24, 2.45) is 0 Å². The van der Waals surface area contributed by atoms with E-state index in [1.165, 1.54) is 0 Å². The van der Waals surface area contributed by atoms with E-state index in [0.29, 0.717) is 23.8 Å². The zero-order chi connectivity index (χ0) is 19.8. The van der Waals surface area contributed by atoms with Gasteiger partial charge in [-0.15, -0.1) is 0 Å². The lowest BCUT2D eigenvalue weighted by Crippen LogP contribution is -2.35. The summed E-state index contributed by atoms with van der Waals surface area (Å²) in [4.78, 5) is 12.3. The minimum Gasteiger partial charge on any atom is -0.497 e. The highest BCUT2D eigenvalue weighted by Crippen LogP contribution is 2.29. The molecule has 0 radical (unpaired) electrons. The highest BCUT2D eigenvalue weighted by atomic mass is 16.5. The van der Waals surface area contributed by atoms with E-state index in [0.717, 1.165) is 11.3 Å². The van der Waals surface area contributed by atoms with Crippen LogP contribution in [0.5, 0.6) is 23.0 Å². The lowest BCUT2D eigenvalue weighted by Gasteiger charge is -2.16. The Kier molecular flexibility index (Phi) is 7.34. The Morgan fingerprint density at radius 1 is 0.889 bits per heavy atom. The first kappa shape index (κ1) is 20.4. The molecule has 2 aromatic rings. The average molecular weight is 373 g/mol. The summed E-state index contributed by atoms with van der Waals surface area (Å²) < 4.78 is 21.8. The first-order valence-electron chi connectivity index (χ1n) is 8.85. The SMILES string of the molecule is COc1ccc(O[C@H](C)C(=O)NCc2ccc(OC(C)C)c(OC)c2)cc1. The summed E-state index contributed by atoms with van der Waals surface area (Å²) in [6, 6.07) is 12.7. The molecule has 0 fully saturated rings. The van der Waals surface area contributed by atoms with Crippen molar-refractivity contribution in [3.8, 4) is 23.0 Å². The monoisotopic (exact) mass is 373 g/mol. The van der Waals surface area contributed by atoms with Gasteiger partial charge in [-0.1, -0.05) is 6.07 Å². The molecule has 2 aromatic carbocycles. The Morgan fingerprint density at radius 3 is 2.15 bits per heavy atom. The van der Waals surface area contributed by atoms with Gasteiger partial charge in [-0.3, -0.25) is 4.79 Å². The van der Waals surface area contributed by atoms with E-state index >= 15 is 0 Å². The molecule has 0 heterocycles. The van der Waals surface area contributed by atoms with Crippen molar-refractivity contribution < 1.29 is 23.7 Å². The summed E-state index contributed by atoms with van der Waals surface area (Å²) in [7, 11) is 3.19. The molecule has 6 nitrogen and oxygen atoms in total. The van der Waals surface area contributed by atoms with Crippen LogP contribution >= 0.6 is 0 Å². The summed E-state index contributed by atoms with van der Waals surface area (Å²) in [5.74, 6) is 2.46. The Bertz CT molecular complexity index is 743. The Labute approximate surface area is 160 Å². The van der Waals surface area contributed by atoms with Crippen molar-refractivity contribution in [3.05, 3.63) is 48.0 Å². The van der Waals surface area contributed by atoms with Crippen molar-refractivity contribution in [1.29, 1.82) is 0 Å². The Morgan fingerprint density at radius 2 is 1.56 bits per heavy atom. The summed E-state index contributed by atoms with van der Waals surface area (Å²) in [5.41, 5.74) is 0.910. The number of nitrogens with one attached hydrogen (secondary N) is 1. The second kappa shape index (κ2) is 9.71. The lowest BCUT2D eigenvalue weighted by atomic mass is 10.2. The predicted molar refractivity (Wildman–Crippen MR) is 104 cm³/mol. The molecule has 0 unspecified atom stereocenters. The third kappa shape index (κ3) is 6.09. The van der Waals surface area contributed by atoms with E-state index in [2.05, 4.69) is 5.32 Å². The van der Waals surface area contributed by atoms with Gasteiger partial charge in [-0.2, -0.15) is 0 Å². The summed E-state index contributed by atoms with van der Waals surface area (Å²) in [6.45, 7) is 5.99. The number of amides is 1. The smallest absolute Gasteiger partial charge is 0.261 e. The molecule has 146 valence electrons. The van der Waals surface area contributed by atoms with Crippen molar-refractivity contribution in [1.82, 2.24) is 5.32 Å². The number of ether oxygens (including phenoxy) is 4. The molecule has 0 spiro atoms. The summed E-state index contributed by atoms with van der Waals surface area (Å²) >= 11 is 0. The quantitative estimate of drug-likeness (QED) is 0.728. The van der Waals surface area contributed by atoms with Crippen molar-refractivity contribution in [3.63, 3.8) is 0 Å². The van der Waals surface area contributed by atoms with E-state index in [1.54, 1.807) is 45.4 Å². The molecule has 6 heteroatoms. The number of rotatable bonds is 9. The number of carbonyl (C=O) groups excluding carboxylic acids is 1. The standard InChI is InChI=1S/C21H27NO5/c1-14(2)26-19-11-6-16(12-20(19)25-5)13-22-21(23)15(3)27-18-9-7-17(24-4)8-10-18/h6-12,14-15H,13H2,1-5H3,(H,22,23)/t15-/m1/s1.